The van der Waals surface area contributed by atoms with Crippen molar-refractivity contribution >= 4 is 17.4 Å². The summed E-state index contributed by atoms with van der Waals surface area (Å²) in [6, 6.07) is 13.7. The number of hydrogen-bond donors (Lipinski definition) is 2. The molecule has 0 aromatic heterocycles. The van der Waals surface area contributed by atoms with Crippen molar-refractivity contribution in [2.24, 2.45) is 0 Å². The Hall–Kier alpha value is -1.61. The van der Waals surface area contributed by atoms with E-state index in [0.717, 1.165) is 11.3 Å². The van der Waals surface area contributed by atoms with Crippen LogP contribution in [0.2, 0.25) is 0 Å². The molecule has 0 heterocycles. The minimum Gasteiger partial charge on any atom is -0.506 e. The molecule has 0 saturated heterocycles. The molecule has 0 spiro atoms. The Morgan fingerprint density at radius 3 is 2.29 bits per heavy atom. The first kappa shape index (κ1) is 11.9. The highest BCUT2D eigenvalue weighted by atomic mass is 32.2. The van der Waals surface area contributed by atoms with Gasteiger partial charge in [0.1, 0.15) is 5.75 Å². The summed E-state index contributed by atoms with van der Waals surface area (Å²) >= 11 is 1.64. The zero-order chi connectivity index (χ0) is 12.3. The number of aromatic hydroxyl groups is 1. The van der Waals surface area contributed by atoms with E-state index in [1.165, 1.54) is 10.5 Å². The van der Waals surface area contributed by atoms with Crippen LogP contribution in [0.25, 0.3) is 0 Å². The Bertz CT molecular complexity index is 508. The summed E-state index contributed by atoms with van der Waals surface area (Å²) in [6.07, 6.45) is 1.05. The van der Waals surface area contributed by atoms with Gasteiger partial charge in [0.2, 0.25) is 0 Å². The minimum atomic E-state index is 0.135. The van der Waals surface area contributed by atoms with Gasteiger partial charge in [-0.1, -0.05) is 30.8 Å². The second-order valence-corrected chi connectivity index (χ2v) is 4.97. The minimum absolute atomic E-state index is 0.135. The molecule has 17 heavy (non-hydrogen) atoms. The topological polar surface area (TPSA) is 46.2 Å². The molecule has 2 aromatic carbocycles. The first-order chi connectivity index (χ1) is 8.19. The smallest absolute Gasteiger partial charge is 0.138 e. The first-order valence-corrected chi connectivity index (χ1v) is 6.36. The maximum absolute atomic E-state index is 9.34. The number of rotatable bonds is 3. The third kappa shape index (κ3) is 2.94. The highest BCUT2D eigenvalue weighted by Crippen LogP contribution is 2.32. The van der Waals surface area contributed by atoms with E-state index in [9.17, 15) is 5.11 Å². The Labute approximate surface area is 105 Å². The van der Waals surface area contributed by atoms with Crippen LogP contribution in [0.4, 0.5) is 5.69 Å². The van der Waals surface area contributed by atoms with E-state index in [1.807, 2.05) is 6.07 Å². The molecule has 3 N–H and O–H groups in total. The Morgan fingerprint density at radius 1 is 1.06 bits per heavy atom. The average Bonchev–Trinajstić information content (AvgIpc) is 2.35. The lowest BCUT2D eigenvalue weighted by Gasteiger charge is -2.05. The molecule has 88 valence electrons. The number of benzene rings is 2. The SMILES string of the molecule is CCc1ccc(Sc2ccc(O)c(N)c2)cc1. The number of aryl methyl sites for hydroxylation is 1. The number of phenols is 1. The predicted molar refractivity (Wildman–Crippen MR) is 72.5 cm³/mol. The van der Waals surface area contributed by atoms with Crippen LogP contribution in [-0.4, -0.2) is 5.11 Å². The fraction of sp³-hybridized carbons (Fsp3) is 0.143. The number of hydrogen-bond acceptors (Lipinski definition) is 3. The van der Waals surface area contributed by atoms with Gasteiger partial charge in [-0.15, -0.1) is 0 Å². The van der Waals surface area contributed by atoms with Gasteiger partial charge in [0.25, 0.3) is 0 Å². The van der Waals surface area contributed by atoms with E-state index in [0.29, 0.717) is 5.69 Å². The van der Waals surface area contributed by atoms with Crippen molar-refractivity contribution in [2.75, 3.05) is 5.73 Å². The lowest BCUT2D eigenvalue weighted by Crippen LogP contribution is -1.85. The summed E-state index contributed by atoms with van der Waals surface area (Å²) in [4.78, 5) is 2.21. The van der Waals surface area contributed by atoms with Gasteiger partial charge in [0, 0.05) is 9.79 Å². The maximum Gasteiger partial charge on any atom is 0.138 e. The Balaban J connectivity index is 2.16. The number of phenolic OH excluding ortho intramolecular Hbond substituents is 1. The van der Waals surface area contributed by atoms with Crippen LogP contribution in [-0.2, 0) is 6.42 Å². The molecule has 0 fully saturated rings. The van der Waals surface area contributed by atoms with E-state index in [4.69, 9.17) is 5.73 Å². The molecule has 0 aliphatic carbocycles. The molecule has 0 bridgehead atoms. The van der Waals surface area contributed by atoms with Crippen molar-refractivity contribution < 1.29 is 5.11 Å². The zero-order valence-corrected chi connectivity index (χ0v) is 10.5. The van der Waals surface area contributed by atoms with Crippen molar-refractivity contribution in [3.8, 4) is 5.75 Å². The van der Waals surface area contributed by atoms with E-state index in [1.54, 1.807) is 23.9 Å². The summed E-state index contributed by atoms with van der Waals surface area (Å²) in [5, 5.41) is 9.34. The highest BCUT2D eigenvalue weighted by Gasteiger charge is 2.01. The van der Waals surface area contributed by atoms with Gasteiger partial charge >= 0.3 is 0 Å². The molecule has 0 aliphatic heterocycles. The van der Waals surface area contributed by atoms with Gasteiger partial charge in [-0.3, -0.25) is 0 Å². The molecule has 0 atom stereocenters. The quantitative estimate of drug-likeness (QED) is 0.640. The second-order valence-electron chi connectivity index (χ2n) is 3.82. The van der Waals surface area contributed by atoms with Gasteiger partial charge in [-0.25, -0.2) is 0 Å². The molecule has 2 nitrogen and oxygen atoms in total. The van der Waals surface area contributed by atoms with E-state index in [2.05, 4.69) is 31.2 Å². The molecular formula is C14H15NOS. The summed E-state index contributed by atoms with van der Waals surface area (Å²) in [5.74, 6) is 0.135. The van der Waals surface area contributed by atoms with Gasteiger partial charge < -0.3 is 10.8 Å². The highest BCUT2D eigenvalue weighted by molar-refractivity contribution is 7.99. The van der Waals surface area contributed by atoms with Crippen molar-refractivity contribution in [3.63, 3.8) is 0 Å². The van der Waals surface area contributed by atoms with Crippen LogP contribution in [0.15, 0.2) is 52.3 Å². The fourth-order valence-electron chi connectivity index (χ4n) is 1.53. The summed E-state index contributed by atoms with van der Waals surface area (Å²) < 4.78 is 0. The molecular weight excluding hydrogens is 230 g/mol. The lowest BCUT2D eigenvalue weighted by molar-refractivity contribution is 0.477. The number of nitrogens with two attached hydrogens (primary N) is 1. The Morgan fingerprint density at radius 2 is 1.71 bits per heavy atom. The molecule has 0 unspecified atom stereocenters. The van der Waals surface area contributed by atoms with E-state index in [-0.39, 0.29) is 5.75 Å². The molecule has 2 aromatic rings. The standard InChI is InChI=1S/C14H15NOS/c1-2-10-3-5-11(6-4-10)17-12-7-8-14(16)13(15)9-12/h3-9,16H,2,15H2,1H3. The van der Waals surface area contributed by atoms with Gasteiger partial charge in [0.15, 0.2) is 0 Å². The largest absolute Gasteiger partial charge is 0.506 e. The van der Waals surface area contributed by atoms with Crippen molar-refractivity contribution in [1.29, 1.82) is 0 Å². The van der Waals surface area contributed by atoms with Crippen molar-refractivity contribution in [2.45, 2.75) is 23.1 Å². The number of nitrogen functional groups attached to an aromatic ring is 1. The van der Waals surface area contributed by atoms with Crippen LogP contribution in [0, 0.1) is 0 Å². The molecule has 0 radical (unpaired) electrons. The number of anilines is 1. The van der Waals surface area contributed by atoms with Crippen LogP contribution in [0.1, 0.15) is 12.5 Å². The summed E-state index contributed by atoms with van der Waals surface area (Å²) in [7, 11) is 0. The fourth-order valence-corrected chi connectivity index (χ4v) is 2.39. The Kier molecular flexibility index (Phi) is 3.59. The third-order valence-corrected chi connectivity index (χ3v) is 3.56. The first-order valence-electron chi connectivity index (χ1n) is 5.54. The van der Waals surface area contributed by atoms with Crippen molar-refractivity contribution in [3.05, 3.63) is 48.0 Å². The van der Waals surface area contributed by atoms with Gasteiger partial charge in [0.05, 0.1) is 5.69 Å². The molecule has 2 rings (SSSR count). The molecule has 0 saturated carbocycles. The summed E-state index contributed by atoms with van der Waals surface area (Å²) in [5.41, 5.74) is 7.41. The molecule has 0 aliphatic rings. The third-order valence-electron chi connectivity index (χ3n) is 2.57. The monoisotopic (exact) mass is 245 g/mol. The average molecular weight is 245 g/mol. The summed E-state index contributed by atoms with van der Waals surface area (Å²) in [6.45, 7) is 2.14. The zero-order valence-electron chi connectivity index (χ0n) is 9.68. The maximum atomic E-state index is 9.34. The van der Waals surface area contributed by atoms with Crippen LogP contribution in [0.5, 0.6) is 5.75 Å². The lowest BCUT2D eigenvalue weighted by atomic mass is 10.2. The van der Waals surface area contributed by atoms with Crippen LogP contribution >= 0.6 is 11.8 Å². The van der Waals surface area contributed by atoms with E-state index >= 15 is 0 Å². The predicted octanol–water partition coefficient (Wildman–Crippen LogP) is 3.69. The molecule has 3 heteroatoms. The van der Waals surface area contributed by atoms with Crippen LogP contribution < -0.4 is 5.73 Å². The molecule has 0 amide bonds. The van der Waals surface area contributed by atoms with E-state index < -0.39 is 0 Å². The van der Waals surface area contributed by atoms with Gasteiger partial charge in [-0.05, 0) is 42.3 Å². The van der Waals surface area contributed by atoms with Crippen LogP contribution in [0.3, 0.4) is 0 Å². The normalized spacial score (nSPS) is 10.4. The van der Waals surface area contributed by atoms with Crippen molar-refractivity contribution in [1.82, 2.24) is 0 Å². The van der Waals surface area contributed by atoms with Gasteiger partial charge in [-0.2, -0.15) is 0 Å². The second kappa shape index (κ2) is 5.15.